The molecule has 4 aromatic rings. The highest BCUT2D eigenvalue weighted by molar-refractivity contribution is 9.10. The molecule has 0 amide bonds. The molecule has 0 saturated carbocycles. The summed E-state index contributed by atoms with van der Waals surface area (Å²) >= 11 is 4.69. The van der Waals surface area contributed by atoms with Crippen LogP contribution in [0.1, 0.15) is 15.2 Å². The van der Waals surface area contributed by atoms with Crippen molar-refractivity contribution in [2.24, 2.45) is 0 Å². The van der Waals surface area contributed by atoms with Crippen molar-refractivity contribution < 1.29 is 14.7 Å². The zero-order chi connectivity index (χ0) is 17.6. The Morgan fingerprint density at radius 2 is 1.92 bits per heavy atom. The monoisotopic (exact) mass is 414 g/mol. The second-order valence-electron chi connectivity index (χ2n) is 5.45. The van der Waals surface area contributed by atoms with E-state index in [1.807, 2.05) is 5.38 Å². The average molecular weight is 415 g/mol. The van der Waals surface area contributed by atoms with Crippen molar-refractivity contribution in [1.29, 1.82) is 0 Å². The molecular weight excluding hydrogens is 404 g/mol. The number of benzene rings is 2. The largest absolute Gasteiger partial charge is 0.710 e. The maximum Gasteiger partial charge on any atom is 0.332 e. The number of halogens is 1. The minimum atomic E-state index is -0.146. The van der Waals surface area contributed by atoms with Crippen LogP contribution in [0, 0.1) is 5.21 Å². The summed E-state index contributed by atoms with van der Waals surface area (Å²) in [6, 6.07) is 15.3. The van der Waals surface area contributed by atoms with E-state index in [1.54, 1.807) is 48.5 Å². The maximum atomic E-state index is 12.7. The number of carbonyl (C=O) groups excluding carboxylic acids is 1. The number of carbonyl (C=O) groups is 1. The Morgan fingerprint density at radius 3 is 2.60 bits per heavy atom. The second kappa shape index (κ2) is 6.02. The molecular formula is C18H11BrN2O3S. The molecule has 1 N–H and O–H groups in total. The minimum Gasteiger partial charge on any atom is -0.710 e. The van der Waals surface area contributed by atoms with Gasteiger partial charge in [-0.3, -0.25) is 4.79 Å². The van der Waals surface area contributed by atoms with Crippen LogP contribution in [-0.2, 0) is 0 Å². The Morgan fingerprint density at radius 1 is 1.16 bits per heavy atom. The first kappa shape index (κ1) is 15.9. The molecule has 0 unspecified atom stereocenters. The van der Waals surface area contributed by atoms with Crippen molar-refractivity contribution in [3.63, 3.8) is 0 Å². The van der Waals surface area contributed by atoms with Crippen molar-refractivity contribution >= 4 is 44.1 Å². The van der Waals surface area contributed by atoms with E-state index in [0.717, 1.165) is 9.20 Å². The zero-order valence-electron chi connectivity index (χ0n) is 12.7. The normalized spacial score (nSPS) is 11.1. The molecule has 4 rings (SSSR count). The first-order valence-electron chi connectivity index (χ1n) is 7.37. The van der Waals surface area contributed by atoms with Crippen molar-refractivity contribution in [2.45, 2.75) is 0 Å². The van der Waals surface area contributed by atoms with E-state index in [1.165, 1.54) is 17.4 Å². The highest BCUT2D eigenvalue weighted by Gasteiger charge is 2.24. The van der Waals surface area contributed by atoms with E-state index in [-0.39, 0.29) is 17.1 Å². The highest BCUT2D eigenvalue weighted by atomic mass is 79.9. The predicted octanol–water partition coefficient (Wildman–Crippen LogP) is 4.23. The van der Waals surface area contributed by atoms with Crippen LogP contribution in [0.2, 0.25) is 0 Å². The third kappa shape index (κ3) is 2.61. The number of aromatic nitrogens is 2. The third-order valence-electron chi connectivity index (χ3n) is 3.92. The molecule has 0 spiro atoms. The topological polar surface area (TPSA) is 69.2 Å². The third-order valence-corrected chi connectivity index (χ3v) is 5.32. The van der Waals surface area contributed by atoms with Gasteiger partial charge < -0.3 is 10.4 Å². The Bertz CT molecular complexity index is 1090. The summed E-state index contributed by atoms with van der Waals surface area (Å²) in [6.45, 7) is 0. The number of imidazole rings is 1. The molecule has 25 heavy (non-hydrogen) atoms. The maximum absolute atomic E-state index is 12.7. The molecule has 0 saturated heterocycles. The fourth-order valence-electron chi connectivity index (χ4n) is 2.71. The lowest BCUT2D eigenvalue weighted by Crippen LogP contribution is -2.28. The summed E-state index contributed by atoms with van der Waals surface area (Å²) < 4.78 is 2.37. The fourth-order valence-corrected chi connectivity index (χ4v) is 3.66. The van der Waals surface area contributed by atoms with Gasteiger partial charge >= 0.3 is 5.82 Å². The molecule has 0 aliphatic carbocycles. The molecule has 0 bridgehead atoms. The number of nitrogens with zero attached hydrogens (tertiary/aromatic N) is 2. The van der Waals surface area contributed by atoms with Crippen molar-refractivity contribution in [2.75, 3.05) is 0 Å². The summed E-state index contributed by atoms with van der Waals surface area (Å²) in [6.07, 6.45) is 0. The van der Waals surface area contributed by atoms with Gasteiger partial charge in [0.1, 0.15) is 0 Å². The van der Waals surface area contributed by atoms with Gasteiger partial charge in [0.05, 0.1) is 10.4 Å². The lowest BCUT2D eigenvalue weighted by atomic mass is 10.1. The van der Waals surface area contributed by atoms with Gasteiger partial charge in [-0.15, -0.1) is 11.3 Å². The standard InChI is InChI=1S/C18H11BrN2O3S/c19-13-6-3-11(4-7-13)18-20(23)14-8-5-12(10-15(14)21(18)24)17(22)16-2-1-9-25-16/h1-10,23H. The summed E-state index contributed by atoms with van der Waals surface area (Å²) in [7, 11) is 0. The molecule has 5 nitrogen and oxygen atoms in total. The van der Waals surface area contributed by atoms with Gasteiger partial charge in [0.15, 0.2) is 5.52 Å². The van der Waals surface area contributed by atoms with Crippen LogP contribution in [0.15, 0.2) is 64.5 Å². The Labute approximate surface area is 155 Å². The lowest BCUT2D eigenvalue weighted by molar-refractivity contribution is -0.567. The summed E-state index contributed by atoms with van der Waals surface area (Å²) in [5, 5.41) is 24.9. The SMILES string of the molecule is O=C(c1ccc2c(c1)[n+]([O-])c(-c1ccc(Br)cc1)n2O)c1cccs1. The van der Waals surface area contributed by atoms with Crippen molar-refractivity contribution in [3.8, 4) is 11.4 Å². The molecule has 0 atom stereocenters. The van der Waals surface area contributed by atoms with Gasteiger partial charge in [0.2, 0.25) is 11.3 Å². The van der Waals surface area contributed by atoms with Crippen LogP contribution in [0.5, 0.6) is 0 Å². The van der Waals surface area contributed by atoms with E-state index in [2.05, 4.69) is 15.9 Å². The van der Waals surface area contributed by atoms with Gasteiger partial charge in [0.25, 0.3) is 0 Å². The van der Waals surface area contributed by atoms with E-state index in [0.29, 0.717) is 26.3 Å². The minimum absolute atomic E-state index is 0.100. The number of ketones is 1. The van der Waals surface area contributed by atoms with E-state index >= 15 is 0 Å². The molecule has 0 aliphatic rings. The summed E-state index contributed by atoms with van der Waals surface area (Å²) in [5.74, 6) is -0.0454. The van der Waals surface area contributed by atoms with Crippen LogP contribution in [0.4, 0.5) is 0 Å². The number of fused-ring (bicyclic) bond motifs is 1. The van der Waals surface area contributed by atoms with E-state index in [4.69, 9.17) is 0 Å². The number of hydrogen-bond donors (Lipinski definition) is 1. The highest BCUT2D eigenvalue weighted by Crippen LogP contribution is 2.25. The molecule has 2 aromatic heterocycles. The smallest absolute Gasteiger partial charge is 0.332 e. The van der Waals surface area contributed by atoms with Crippen molar-refractivity contribution in [3.05, 3.63) is 80.1 Å². The van der Waals surface area contributed by atoms with Gasteiger partial charge in [-0.25, -0.2) is 4.73 Å². The van der Waals surface area contributed by atoms with Crippen LogP contribution >= 0.6 is 27.3 Å². The molecule has 0 fully saturated rings. The van der Waals surface area contributed by atoms with Crippen LogP contribution < -0.4 is 4.73 Å². The Hall–Kier alpha value is -2.64. The van der Waals surface area contributed by atoms with E-state index < -0.39 is 0 Å². The number of thiophene rings is 1. The predicted molar refractivity (Wildman–Crippen MR) is 99.0 cm³/mol. The summed E-state index contributed by atoms with van der Waals surface area (Å²) in [5.41, 5.74) is 1.56. The Kier molecular flexibility index (Phi) is 3.82. The second-order valence-corrected chi connectivity index (χ2v) is 7.31. The van der Waals surface area contributed by atoms with Crippen LogP contribution in [0.3, 0.4) is 0 Å². The quantitative estimate of drug-likeness (QED) is 0.236. The Balaban J connectivity index is 1.88. The van der Waals surface area contributed by atoms with Gasteiger partial charge in [-0.1, -0.05) is 22.0 Å². The number of rotatable bonds is 3. The van der Waals surface area contributed by atoms with E-state index in [9.17, 15) is 15.2 Å². The number of hydrogen-bond acceptors (Lipinski definition) is 4. The first-order valence-corrected chi connectivity index (χ1v) is 9.05. The molecule has 0 aliphatic heterocycles. The molecule has 124 valence electrons. The van der Waals surface area contributed by atoms with Gasteiger partial charge in [-0.2, -0.15) is 0 Å². The molecule has 7 heteroatoms. The van der Waals surface area contributed by atoms with Gasteiger partial charge in [0, 0.05) is 16.1 Å². The zero-order valence-corrected chi connectivity index (χ0v) is 15.1. The fraction of sp³-hybridized carbons (Fsp3) is 0. The van der Waals surface area contributed by atoms with Gasteiger partial charge in [-0.05, 0) is 52.6 Å². The summed E-state index contributed by atoms with van der Waals surface area (Å²) in [4.78, 5) is 13.1. The lowest BCUT2D eigenvalue weighted by Gasteiger charge is -2.03. The van der Waals surface area contributed by atoms with Crippen LogP contribution in [-0.4, -0.2) is 15.7 Å². The average Bonchev–Trinajstić information content (AvgIpc) is 3.24. The molecule has 0 radical (unpaired) electrons. The first-order chi connectivity index (χ1) is 12.1. The molecule has 2 heterocycles. The van der Waals surface area contributed by atoms with Crippen molar-refractivity contribution in [1.82, 2.24) is 4.73 Å². The molecule has 2 aromatic carbocycles. The van der Waals surface area contributed by atoms with Crippen LogP contribution in [0.25, 0.3) is 22.4 Å².